The van der Waals surface area contributed by atoms with Crippen LogP contribution in [-0.4, -0.2) is 54.4 Å². The monoisotopic (exact) mass is 474 g/mol. The zero-order chi connectivity index (χ0) is 24.5. The molecule has 2 unspecified atom stereocenters. The van der Waals surface area contributed by atoms with Crippen molar-refractivity contribution >= 4 is 17.5 Å². The number of ketones is 2. The van der Waals surface area contributed by atoms with Gasteiger partial charge in [0, 0.05) is 11.8 Å². The normalized spacial score (nSPS) is 46.9. The molecule has 4 fully saturated rings. The number of aliphatic hydroxyl groups is 1. The molecule has 0 amide bonds. The highest BCUT2D eigenvalue weighted by Crippen LogP contribution is 2.69. The van der Waals surface area contributed by atoms with Crippen molar-refractivity contribution < 1.29 is 33.7 Å². The smallest absolute Gasteiger partial charge is 0.313 e. The Morgan fingerprint density at radius 2 is 2.00 bits per heavy atom. The van der Waals surface area contributed by atoms with Crippen LogP contribution in [0.5, 0.6) is 0 Å². The molecule has 4 aliphatic carbocycles. The molecule has 0 aromatic rings. The zero-order valence-corrected chi connectivity index (χ0v) is 20.8. The largest absolute Gasteiger partial charge is 0.469 e. The quantitative estimate of drug-likeness (QED) is 0.626. The number of methoxy groups -OCH3 is 1. The summed E-state index contributed by atoms with van der Waals surface area (Å²) >= 11 is 0. The van der Waals surface area contributed by atoms with Crippen molar-refractivity contribution in [3.05, 3.63) is 11.6 Å². The average Bonchev–Trinajstić information content (AvgIpc) is 3.08. The summed E-state index contributed by atoms with van der Waals surface area (Å²) in [6.07, 6.45) is 5.93. The zero-order valence-electron chi connectivity index (χ0n) is 20.8. The minimum absolute atomic E-state index is 0.0787. The van der Waals surface area contributed by atoms with Crippen LogP contribution in [-0.2, 0) is 28.6 Å². The van der Waals surface area contributed by atoms with E-state index in [9.17, 15) is 19.5 Å². The first-order chi connectivity index (χ1) is 16.1. The lowest BCUT2D eigenvalue weighted by Crippen LogP contribution is -2.65. The molecule has 188 valence electrons. The number of allylic oxidation sites excluding steroid dienone is 1. The summed E-state index contributed by atoms with van der Waals surface area (Å²) in [5.74, 6) is -0.291. The Labute approximate surface area is 201 Å². The molecule has 1 heterocycles. The van der Waals surface area contributed by atoms with Crippen LogP contribution in [0, 0.1) is 34.5 Å². The van der Waals surface area contributed by atoms with Crippen molar-refractivity contribution in [2.45, 2.75) is 90.1 Å². The van der Waals surface area contributed by atoms with Crippen LogP contribution in [0.2, 0.25) is 0 Å². The summed E-state index contributed by atoms with van der Waals surface area (Å²) in [6.45, 7) is 6.14. The number of hydrogen-bond donors (Lipinski definition) is 1. The van der Waals surface area contributed by atoms with E-state index in [4.69, 9.17) is 14.2 Å². The van der Waals surface area contributed by atoms with E-state index in [1.165, 1.54) is 12.7 Å². The van der Waals surface area contributed by atoms with Crippen LogP contribution in [0.25, 0.3) is 0 Å². The Kier molecular flexibility index (Phi) is 5.85. The second kappa shape index (κ2) is 8.24. The predicted molar refractivity (Wildman–Crippen MR) is 122 cm³/mol. The lowest BCUT2D eigenvalue weighted by Gasteiger charge is -2.61. The summed E-state index contributed by atoms with van der Waals surface area (Å²) in [5.41, 5.74) is -0.576. The van der Waals surface area contributed by atoms with Crippen LogP contribution in [0.4, 0.5) is 0 Å². The van der Waals surface area contributed by atoms with Gasteiger partial charge in [-0.2, -0.15) is 0 Å². The van der Waals surface area contributed by atoms with Crippen LogP contribution in [0.3, 0.4) is 0 Å². The molecule has 34 heavy (non-hydrogen) atoms. The summed E-state index contributed by atoms with van der Waals surface area (Å²) in [5, 5.41) is 11.7. The van der Waals surface area contributed by atoms with Crippen LogP contribution >= 0.6 is 0 Å². The Morgan fingerprint density at radius 1 is 1.24 bits per heavy atom. The highest BCUT2D eigenvalue weighted by atomic mass is 16.7. The van der Waals surface area contributed by atoms with Gasteiger partial charge in [-0.15, -0.1) is 0 Å². The Morgan fingerprint density at radius 3 is 2.71 bits per heavy atom. The third kappa shape index (κ3) is 3.15. The van der Waals surface area contributed by atoms with Gasteiger partial charge >= 0.3 is 5.97 Å². The van der Waals surface area contributed by atoms with Crippen molar-refractivity contribution in [2.75, 3.05) is 13.7 Å². The highest BCUT2D eigenvalue weighted by molar-refractivity contribution is 5.92. The maximum Gasteiger partial charge on any atom is 0.313 e. The second-order valence-corrected chi connectivity index (χ2v) is 11.7. The van der Waals surface area contributed by atoms with E-state index in [1.807, 2.05) is 13.0 Å². The lowest BCUT2D eigenvalue weighted by atomic mass is 9.45. The molecule has 9 atom stereocenters. The van der Waals surface area contributed by atoms with E-state index in [-0.39, 0.29) is 41.3 Å². The van der Waals surface area contributed by atoms with Gasteiger partial charge in [-0.1, -0.05) is 26.3 Å². The highest BCUT2D eigenvalue weighted by Gasteiger charge is 2.70. The molecule has 5 rings (SSSR count). The van der Waals surface area contributed by atoms with Crippen LogP contribution < -0.4 is 0 Å². The fourth-order valence-corrected chi connectivity index (χ4v) is 8.72. The number of aliphatic hydroxyl groups excluding tert-OH is 1. The van der Waals surface area contributed by atoms with Gasteiger partial charge in [0.1, 0.15) is 18.1 Å². The number of ether oxygens (including phenoxy) is 3. The van der Waals surface area contributed by atoms with Crippen molar-refractivity contribution in [2.24, 2.45) is 34.5 Å². The SMILES string of the molecule is CCC(C(=O)OC)C1OCC(=O)[C@]2(CC[C@H]3[C@@H]4CCC5=CC(=O)CC[C@]5(C)[C@H]4[C@@H](O)C[C@@]32C)O1. The van der Waals surface area contributed by atoms with Gasteiger partial charge in [-0.25, -0.2) is 0 Å². The number of esters is 1. The van der Waals surface area contributed by atoms with Crippen molar-refractivity contribution in [1.82, 2.24) is 0 Å². The first kappa shape index (κ1) is 24.1. The van der Waals surface area contributed by atoms with Crippen LogP contribution in [0.1, 0.15) is 72.1 Å². The molecule has 1 spiro atoms. The molecule has 1 N–H and O–H groups in total. The van der Waals surface area contributed by atoms with E-state index in [0.29, 0.717) is 25.7 Å². The molecule has 0 aromatic carbocycles. The standard InChI is InChI=1S/C27H38O7/c1-5-17(23(31)32-4)24-33-14-21(30)27(34-24)11-9-19-18-7-6-15-12-16(28)8-10-25(15,2)22(18)20(29)13-26(19,27)3/h12,17-20,22,24,29H,5-11,13-14H2,1-4H3/t17?,18-,19-,20-,22+,24?,25-,26-,27-/m0/s1. The molecule has 7 heteroatoms. The predicted octanol–water partition coefficient (Wildman–Crippen LogP) is 3.37. The third-order valence-electron chi connectivity index (χ3n) is 10.4. The van der Waals surface area contributed by atoms with Gasteiger partial charge < -0.3 is 19.3 Å². The van der Waals surface area contributed by atoms with E-state index in [0.717, 1.165) is 25.7 Å². The second-order valence-electron chi connectivity index (χ2n) is 11.7. The summed E-state index contributed by atoms with van der Waals surface area (Å²) in [6, 6.07) is 0. The van der Waals surface area contributed by atoms with Gasteiger partial charge in [0.2, 0.25) is 0 Å². The van der Waals surface area contributed by atoms with Gasteiger partial charge in [0.05, 0.1) is 13.2 Å². The number of fused-ring (bicyclic) bond motifs is 6. The molecule has 5 aliphatic rings. The first-order valence-electron chi connectivity index (χ1n) is 12.9. The Bertz CT molecular complexity index is 926. The molecule has 3 saturated carbocycles. The fourth-order valence-electron chi connectivity index (χ4n) is 8.72. The Balaban J connectivity index is 1.49. The molecule has 0 bridgehead atoms. The Hall–Kier alpha value is -1.57. The lowest BCUT2D eigenvalue weighted by molar-refractivity contribution is -0.289. The number of hydrogen-bond acceptors (Lipinski definition) is 7. The van der Waals surface area contributed by atoms with Crippen molar-refractivity contribution in [1.29, 1.82) is 0 Å². The summed E-state index contributed by atoms with van der Waals surface area (Å²) < 4.78 is 17.2. The van der Waals surface area contributed by atoms with E-state index >= 15 is 0 Å². The topological polar surface area (TPSA) is 99.1 Å². The number of carbonyl (C=O) groups is 3. The van der Waals surface area contributed by atoms with Gasteiger partial charge in [0.15, 0.2) is 17.9 Å². The van der Waals surface area contributed by atoms with Gasteiger partial charge in [0.25, 0.3) is 0 Å². The molecule has 1 saturated heterocycles. The first-order valence-corrected chi connectivity index (χ1v) is 12.9. The minimum Gasteiger partial charge on any atom is -0.469 e. The van der Waals surface area contributed by atoms with E-state index in [1.54, 1.807) is 0 Å². The van der Waals surface area contributed by atoms with Crippen molar-refractivity contribution in [3.8, 4) is 0 Å². The van der Waals surface area contributed by atoms with Gasteiger partial charge in [-0.05, 0) is 74.2 Å². The molecule has 1 aliphatic heterocycles. The van der Waals surface area contributed by atoms with E-state index in [2.05, 4.69) is 13.8 Å². The van der Waals surface area contributed by atoms with Crippen molar-refractivity contribution in [3.63, 3.8) is 0 Å². The molecular formula is C27H38O7. The summed E-state index contributed by atoms with van der Waals surface area (Å²) in [7, 11) is 1.35. The van der Waals surface area contributed by atoms with Gasteiger partial charge in [-0.3, -0.25) is 14.4 Å². The third-order valence-corrected chi connectivity index (χ3v) is 10.4. The summed E-state index contributed by atoms with van der Waals surface area (Å²) in [4.78, 5) is 38.0. The number of carbonyl (C=O) groups excluding carboxylic acids is 3. The van der Waals surface area contributed by atoms with E-state index < -0.39 is 35.3 Å². The number of Topliss-reactive ketones (excluding diaryl/α,β-unsaturated/α-hetero) is 1. The molecule has 0 radical (unpaired) electrons. The number of rotatable bonds is 3. The average molecular weight is 475 g/mol. The minimum atomic E-state index is -1.06. The maximum absolute atomic E-state index is 13.5. The van der Waals surface area contributed by atoms with Crippen LogP contribution in [0.15, 0.2) is 11.6 Å². The molecular weight excluding hydrogens is 436 g/mol. The fraction of sp³-hybridized carbons (Fsp3) is 0.815. The molecule has 7 nitrogen and oxygen atoms in total. The maximum atomic E-state index is 13.5. The molecule has 0 aromatic heterocycles.